The molecule has 0 fully saturated rings. The fraction of sp³-hybridized carbons (Fsp3) is 0.333. The first-order chi connectivity index (χ1) is 14.1. The largest absolute Gasteiger partial charge is 0.493 e. The molecule has 0 spiro atoms. The molecule has 0 aliphatic carbocycles. The van der Waals surface area contributed by atoms with Crippen molar-refractivity contribution in [3.63, 3.8) is 0 Å². The highest BCUT2D eigenvalue weighted by Gasteiger charge is 2.11. The van der Waals surface area contributed by atoms with Crippen LogP contribution in [0.5, 0.6) is 11.5 Å². The van der Waals surface area contributed by atoms with Gasteiger partial charge in [-0.05, 0) is 42.3 Å². The number of rotatable bonds is 9. The smallest absolute Gasteiger partial charge is 0.291 e. The van der Waals surface area contributed by atoms with Gasteiger partial charge in [-0.25, -0.2) is 9.38 Å². The van der Waals surface area contributed by atoms with Crippen LogP contribution in [0.1, 0.15) is 15.9 Å². The molecular formula is C21H25FN2O5. The Morgan fingerprint density at radius 2 is 1.83 bits per heavy atom. The van der Waals surface area contributed by atoms with E-state index in [9.17, 15) is 9.18 Å². The lowest BCUT2D eigenvalue weighted by atomic mass is 10.1. The number of carbonyl (C=O) groups is 1. The number of amidine groups is 1. The van der Waals surface area contributed by atoms with E-state index in [1.165, 1.54) is 18.2 Å². The molecule has 2 aromatic carbocycles. The van der Waals surface area contributed by atoms with Crippen LogP contribution < -0.4 is 14.8 Å². The van der Waals surface area contributed by atoms with Crippen molar-refractivity contribution in [3.8, 4) is 11.5 Å². The highest BCUT2D eigenvalue weighted by molar-refractivity contribution is 6.04. The molecule has 0 saturated heterocycles. The Morgan fingerprint density at radius 3 is 2.52 bits per heavy atom. The zero-order chi connectivity index (χ0) is 21.1. The Bertz CT molecular complexity index is 842. The summed E-state index contributed by atoms with van der Waals surface area (Å²) in [6, 6.07) is 11.0. The first-order valence-corrected chi connectivity index (χ1v) is 9.01. The normalized spacial score (nSPS) is 11.1. The van der Waals surface area contributed by atoms with Crippen molar-refractivity contribution in [1.29, 1.82) is 0 Å². The molecule has 0 aliphatic rings. The van der Waals surface area contributed by atoms with E-state index >= 15 is 0 Å². The van der Waals surface area contributed by atoms with Crippen LogP contribution in [-0.4, -0.2) is 53.0 Å². The summed E-state index contributed by atoms with van der Waals surface area (Å²) in [5.74, 6) is 0.271. The SMILES string of the molecule is COCCOC(=NCCc1ccc(OC)c(OC)c1)NC(=O)c1cccc(F)c1. The Morgan fingerprint density at radius 1 is 1.03 bits per heavy atom. The van der Waals surface area contributed by atoms with Crippen molar-refractivity contribution in [2.24, 2.45) is 4.99 Å². The Labute approximate surface area is 169 Å². The number of halogens is 1. The third-order valence-electron chi connectivity index (χ3n) is 3.94. The van der Waals surface area contributed by atoms with Crippen LogP contribution in [0.15, 0.2) is 47.5 Å². The minimum atomic E-state index is -0.508. The lowest BCUT2D eigenvalue weighted by molar-refractivity contribution is 0.0953. The topological polar surface area (TPSA) is 78.4 Å². The number of benzene rings is 2. The summed E-state index contributed by atoms with van der Waals surface area (Å²) in [7, 11) is 4.69. The molecule has 1 N–H and O–H groups in total. The molecule has 0 aromatic heterocycles. The minimum absolute atomic E-state index is 0.0526. The van der Waals surface area contributed by atoms with Gasteiger partial charge >= 0.3 is 0 Å². The van der Waals surface area contributed by atoms with Gasteiger partial charge in [-0.15, -0.1) is 0 Å². The van der Waals surface area contributed by atoms with E-state index in [0.29, 0.717) is 31.1 Å². The van der Waals surface area contributed by atoms with Crippen LogP contribution in [0.4, 0.5) is 4.39 Å². The Hall–Kier alpha value is -3.13. The maximum absolute atomic E-state index is 13.3. The standard InChI is InChI=1S/C21H25FN2O5/c1-26-11-12-29-21(24-20(25)16-5-4-6-17(22)14-16)23-10-9-15-7-8-18(27-2)19(13-15)28-3/h4-8,13-14H,9-12H2,1-3H3,(H,23,24,25). The van der Waals surface area contributed by atoms with E-state index in [4.69, 9.17) is 18.9 Å². The van der Waals surface area contributed by atoms with Crippen molar-refractivity contribution in [2.45, 2.75) is 6.42 Å². The average Bonchev–Trinajstić information content (AvgIpc) is 2.73. The Kier molecular flexibility index (Phi) is 8.91. The van der Waals surface area contributed by atoms with Crippen molar-refractivity contribution in [1.82, 2.24) is 5.32 Å². The molecule has 0 heterocycles. The van der Waals surface area contributed by atoms with Gasteiger partial charge in [0.2, 0.25) is 0 Å². The molecule has 8 heteroatoms. The third kappa shape index (κ3) is 7.08. The van der Waals surface area contributed by atoms with Gasteiger partial charge in [-0.2, -0.15) is 0 Å². The predicted molar refractivity (Wildman–Crippen MR) is 107 cm³/mol. The molecule has 2 rings (SSSR count). The van der Waals surface area contributed by atoms with Crippen LogP contribution in [-0.2, 0) is 15.9 Å². The number of amides is 1. The molecule has 1 amide bonds. The van der Waals surface area contributed by atoms with E-state index in [-0.39, 0.29) is 18.2 Å². The van der Waals surface area contributed by atoms with Gasteiger partial charge in [0, 0.05) is 19.2 Å². The summed E-state index contributed by atoms with van der Waals surface area (Å²) in [6.07, 6.45) is 0.591. The summed E-state index contributed by atoms with van der Waals surface area (Å²) >= 11 is 0. The lowest BCUT2D eigenvalue weighted by Crippen LogP contribution is -2.33. The highest BCUT2D eigenvalue weighted by atomic mass is 19.1. The average molecular weight is 404 g/mol. The second-order valence-corrected chi connectivity index (χ2v) is 5.93. The summed E-state index contributed by atoms with van der Waals surface area (Å²) in [6.45, 7) is 0.918. The molecule has 0 saturated carbocycles. The van der Waals surface area contributed by atoms with Gasteiger partial charge in [-0.1, -0.05) is 12.1 Å². The molecule has 2 aromatic rings. The maximum atomic E-state index is 13.3. The number of aliphatic imine (C=N–C) groups is 1. The third-order valence-corrected chi connectivity index (χ3v) is 3.94. The van der Waals surface area contributed by atoms with E-state index in [2.05, 4.69) is 10.3 Å². The zero-order valence-electron chi connectivity index (χ0n) is 16.7. The maximum Gasteiger partial charge on any atom is 0.291 e. The van der Waals surface area contributed by atoms with Crippen LogP contribution in [0.25, 0.3) is 0 Å². The van der Waals surface area contributed by atoms with Crippen molar-refractivity contribution in [2.75, 3.05) is 41.1 Å². The van der Waals surface area contributed by atoms with Gasteiger partial charge in [0.05, 0.1) is 20.8 Å². The number of methoxy groups -OCH3 is 3. The molecule has 7 nitrogen and oxygen atoms in total. The molecule has 0 aliphatic heterocycles. The van der Waals surface area contributed by atoms with E-state index < -0.39 is 11.7 Å². The summed E-state index contributed by atoms with van der Waals surface area (Å²) < 4.78 is 34.3. The molecule has 0 unspecified atom stereocenters. The molecule has 156 valence electrons. The zero-order valence-corrected chi connectivity index (χ0v) is 16.7. The molecule has 0 atom stereocenters. The first-order valence-electron chi connectivity index (χ1n) is 9.01. The van der Waals surface area contributed by atoms with Gasteiger partial charge < -0.3 is 18.9 Å². The van der Waals surface area contributed by atoms with Crippen LogP contribution in [0.2, 0.25) is 0 Å². The van der Waals surface area contributed by atoms with Gasteiger partial charge in [0.25, 0.3) is 11.9 Å². The van der Waals surface area contributed by atoms with Crippen LogP contribution in [0, 0.1) is 5.82 Å². The van der Waals surface area contributed by atoms with Gasteiger partial charge in [0.1, 0.15) is 12.4 Å². The Balaban J connectivity index is 2.04. The minimum Gasteiger partial charge on any atom is -0.493 e. The number of nitrogens with one attached hydrogen (secondary N) is 1. The molecular weight excluding hydrogens is 379 g/mol. The lowest BCUT2D eigenvalue weighted by Gasteiger charge is -2.11. The molecule has 0 radical (unpaired) electrons. The monoisotopic (exact) mass is 404 g/mol. The molecule has 29 heavy (non-hydrogen) atoms. The second-order valence-electron chi connectivity index (χ2n) is 5.93. The van der Waals surface area contributed by atoms with Gasteiger partial charge in [-0.3, -0.25) is 10.1 Å². The number of hydrogen-bond acceptors (Lipinski definition) is 6. The number of carbonyl (C=O) groups excluding carboxylic acids is 1. The van der Waals surface area contributed by atoms with Crippen molar-refractivity contribution < 1.29 is 28.1 Å². The van der Waals surface area contributed by atoms with Gasteiger partial charge in [0.15, 0.2) is 11.5 Å². The summed E-state index contributed by atoms with van der Waals surface area (Å²) in [5, 5.41) is 2.57. The fourth-order valence-electron chi connectivity index (χ4n) is 2.46. The predicted octanol–water partition coefficient (Wildman–Crippen LogP) is 2.83. The second kappa shape index (κ2) is 11.7. The highest BCUT2D eigenvalue weighted by Crippen LogP contribution is 2.27. The van der Waals surface area contributed by atoms with E-state index in [0.717, 1.165) is 11.6 Å². The number of ether oxygens (including phenoxy) is 4. The number of nitrogens with zero attached hydrogens (tertiary/aromatic N) is 1. The quantitative estimate of drug-likeness (QED) is 0.395. The first kappa shape index (κ1) is 22.2. The van der Waals surface area contributed by atoms with Crippen LogP contribution >= 0.6 is 0 Å². The summed E-state index contributed by atoms with van der Waals surface area (Å²) in [5.41, 5.74) is 1.16. The van der Waals surface area contributed by atoms with Crippen LogP contribution in [0.3, 0.4) is 0 Å². The van der Waals surface area contributed by atoms with E-state index in [1.807, 2.05) is 18.2 Å². The summed E-state index contributed by atoms with van der Waals surface area (Å²) in [4.78, 5) is 16.6. The van der Waals surface area contributed by atoms with Crippen molar-refractivity contribution in [3.05, 3.63) is 59.4 Å². The van der Waals surface area contributed by atoms with E-state index in [1.54, 1.807) is 21.3 Å². The molecule has 0 bridgehead atoms. The number of hydrogen-bond donors (Lipinski definition) is 1. The fourth-order valence-corrected chi connectivity index (χ4v) is 2.46. The van der Waals surface area contributed by atoms with Crippen molar-refractivity contribution >= 4 is 11.9 Å².